The van der Waals surface area contributed by atoms with Crippen LogP contribution in [0.1, 0.15) is 11.1 Å². The predicted octanol–water partition coefficient (Wildman–Crippen LogP) is 2.59. The smallest absolute Gasteiger partial charge is 0.184 e. The van der Waals surface area contributed by atoms with Gasteiger partial charge < -0.3 is 24.1 Å². The predicted molar refractivity (Wildman–Crippen MR) is 90.9 cm³/mol. The molecule has 0 unspecified atom stereocenters. The van der Waals surface area contributed by atoms with Crippen LogP contribution in [0.4, 0.5) is 0 Å². The van der Waals surface area contributed by atoms with Gasteiger partial charge in [0.05, 0.1) is 28.4 Å². The van der Waals surface area contributed by atoms with Crippen molar-refractivity contribution in [2.75, 3.05) is 28.4 Å². The zero-order valence-electron chi connectivity index (χ0n) is 14.1. The summed E-state index contributed by atoms with van der Waals surface area (Å²) < 4.78 is 21.4. The number of methoxy groups -OCH3 is 4. The number of benzene rings is 2. The van der Waals surface area contributed by atoms with Crippen molar-refractivity contribution in [1.29, 1.82) is 0 Å². The first-order valence-corrected chi connectivity index (χ1v) is 7.20. The molecule has 1 N–H and O–H groups in total. The van der Waals surface area contributed by atoms with E-state index in [-0.39, 0.29) is 0 Å². The molecule has 5 nitrogen and oxygen atoms in total. The monoisotopic (exact) mass is 328 g/mol. The van der Waals surface area contributed by atoms with Crippen molar-refractivity contribution in [2.24, 2.45) is 0 Å². The fourth-order valence-corrected chi connectivity index (χ4v) is 2.64. The number of para-hydroxylation sites is 2. The minimum absolute atomic E-state index is 0.352. The van der Waals surface area contributed by atoms with E-state index in [2.05, 4.69) is 5.92 Å². The molecule has 24 heavy (non-hydrogen) atoms. The average Bonchev–Trinajstić information content (AvgIpc) is 2.65. The molecule has 126 valence electrons. The summed E-state index contributed by atoms with van der Waals surface area (Å²) in [6, 6.07) is 10.3. The highest BCUT2D eigenvalue weighted by molar-refractivity contribution is 5.61. The summed E-state index contributed by atoms with van der Waals surface area (Å²) in [7, 11) is 6.01. The van der Waals surface area contributed by atoms with Gasteiger partial charge in [-0.3, -0.25) is 0 Å². The number of hydrogen-bond donors (Lipinski definition) is 1. The molecule has 0 saturated carbocycles. The maximum Gasteiger partial charge on any atom is 0.184 e. The van der Waals surface area contributed by atoms with Crippen LogP contribution in [-0.4, -0.2) is 33.5 Å². The van der Waals surface area contributed by atoms with Gasteiger partial charge in [-0.25, -0.2) is 0 Å². The molecule has 2 aromatic carbocycles. The van der Waals surface area contributed by atoms with Crippen LogP contribution in [0.5, 0.6) is 23.0 Å². The van der Waals surface area contributed by atoms with E-state index in [0.29, 0.717) is 34.1 Å². The number of ether oxygens (including phenoxy) is 4. The molecule has 0 heterocycles. The Morgan fingerprint density at radius 2 is 1.21 bits per heavy atom. The van der Waals surface area contributed by atoms with Crippen LogP contribution in [-0.2, 0) is 5.60 Å². The highest BCUT2D eigenvalue weighted by Gasteiger charge is 2.37. The summed E-state index contributed by atoms with van der Waals surface area (Å²) in [5, 5.41) is 11.3. The molecule has 0 atom stereocenters. The van der Waals surface area contributed by atoms with E-state index in [1.54, 1.807) is 36.4 Å². The Kier molecular flexibility index (Phi) is 5.22. The fourth-order valence-electron chi connectivity index (χ4n) is 2.64. The van der Waals surface area contributed by atoms with E-state index in [9.17, 15) is 5.11 Å². The third-order valence-electron chi connectivity index (χ3n) is 3.79. The molecule has 0 spiro atoms. The normalized spacial score (nSPS) is 10.7. The molecule has 5 heteroatoms. The van der Waals surface area contributed by atoms with Gasteiger partial charge in [-0.15, -0.1) is 6.42 Å². The van der Waals surface area contributed by atoms with Gasteiger partial charge in [-0.2, -0.15) is 0 Å². The quantitative estimate of drug-likeness (QED) is 0.826. The number of rotatable bonds is 6. The Morgan fingerprint density at radius 1 is 0.792 bits per heavy atom. The first-order valence-electron chi connectivity index (χ1n) is 7.20. The second kappa shape index (κ2) is 7.16. The van der Waals surface area contributed by atoms with E-state index >= 15 is 0 Å². The molecule has 0 bridgehead atoms. The van der Waals surface area contributed by atoms with Crippen molar-refractivity contribution in [3.8, 4) is 35.3 Å². The van der Waals surface area contributed by atoms with Crippen molar-refractivity contribution < 1.29 is 24.1 Å². The van der Waals surface area contributed by atoms with Crippen molar-refractivity contribution in [3.63, 3.8) is 0 Å². The van der Waals surface area contributed by atoms with E-state index in [1.807, 2.05) is 0 Å². The standard InChI is InChI=1S/C19H20O5/c1-6-19(20,13-9-7-11-15(21-2)17(13)23-4)14-10-8-12-16(22-3)18(14)24-5/h1,7-12,20H,2-5H3. The molecule has 0 fully saturated rings. The third kappa shape index (κ3) is 2.72. The van der Waals surface area contributed by atoms with E-state index in [4.69, 9.17) is 25.4 Å². The molecule has 0 aliphatic heterocycles. The van der Waals surface area contributed by atoms with Gasteiger partial charge in [0, 0.05) is 11.1 Å². The second-order valence-corrected chi connectivity index (χ2v) is 4.94. The highest BCUT2D eigenvalue weighted by atomic mass is 16.5. The van der Waals surface area contributed by atoms with E-state index < -0.39 is 5.60 Å². The van der Waals surface area contributed by atoms with E-state index in [0.717, 1.165) is 0 Å². The van der Waals surface area contributed by atoms with Gasteiger partial charge in [0.1, 0.15) is 0 Å². The van der Waals surface area contributed by atoms with Gasteiger partial charge in [-0.1, -0.05) is 30.2 Å². The summed E-state index contributed by atoms with van der Waals surface area (Å²) in [4.78, 5) is 0. The number of hydrogen-bond acceptors (Lipinski definition) is 5. The van der Waals surface area contributed by atoms with Crippen molar-refractivity contribution in [2.45, 2.75) is 5.60 Å². The SMILES string of the molecule is C#CC(O)(c1cccc(OC)c1OC)c1cccc(OC)c1OC. The summed E-state index contributed by atoms with van der Waals surface area (Å²) >= 11 is 0. The van der Waals surface area contributed by atoms with Gasteiger partial charge >= 0.3 is 0 Å². The van der Waals surface area contributed by atoms with Crippen LogP contribution in [0.3, 0.4) is 0 Å². The zero-order valence-corrected chi connectivity index (χ0v) is 14.1. The Bertz CT molecular complexity index is 705. The average molecular weight is 328 g/mol. The number of terminal acetylenes is 1. The Labute approximate surface area is 141 Å². The topological polar surface area (TPSA) is 57.2 Å². The molecule has 0 aromatic heterocycles. The lowest BCUT2D eigenvalue weighted by Crippen LogP contribution is -2.27. The summed E-state index contributed by atoms with van der Waals surface area (Å²) in [5.41, 5.74) is -1.04. The first-order chi connectivity index (χ1) is 11.6. The molecule has 0 saturated heterocycles. The summed E-state index contributed by atoms with van der Waals surface area (Å²) in [6.07, 6.45) is 5.71. The summed E-state index contributed by atoms with van der Waals surface area (Å²) in [6.45, 7) is 0. The Balaban J connectivity index is 2.78. The van der Waals surface area contributed by atoms with E-state index in [1.165, 1.54) is 28.4 Å². The van der Waals surface area contributed by atoms with Crippen LogP contribution < -0.4 is 18.9 Å². The van der Waals surface area contributed by atoms with Crippen LogP contribution in [0.25, 0.3) is 0 Å². The van der Waals surface area contributed by atoms with Crippen LogP contribution in [0, 0.1) is 12.3 Å². The molecular weight excluding hydrogens is 308 g/mol. The van der Waals surface area contributed by atoms with Crippen LogP contribution in [0.15, 0.2) is 36.4 Å². The van der Waals surface area contributed by atoms with Gasteiger partial charge in [0.2, 0.25) is 0 Å². The molecule has 0 radical (unpaired) electrons. The number of aliphatic hydroxyl groups is 1. The molecule has 0 aliphatic carbocycles. The Morgan fingerprint density at radius 3 is 1.50 bits per heavy atom. The maximum atomic E-state index is 11.3. The lowest BCUT2D eigenvalue weighted by Gasteiger charge is -2.28. The molecule has 0 aliphatic rings. The molecule has 0 amide bonds. The minimum Gasteiger partial charge on any atom is -0.493 e. The van der Waals surface area contributed by atoms with Gasteiger partial charge in [0.15, 0.2) is 28.6 Å². The lowest BCUT2D eigenvalue weighted by molar-refractivity contribution is 0.136. The van der Waals surface area contributed by atoms with Crippen molar-refractivity contribution in [1.82, 2.24) is 0 Å². The first kappa shape index (κ1) is 17.5. The summed E-state index contributed by atoms with van der Waals surface area (Å²) in [5.74, 6) is 4.08. The largest absolute Gasteiger partial charge is 0.493 e. The molecule has 2 rings (SSSR count). The third-order valence-corrected chi connectivity index (χ3v) is 3.79. The maximum absolute atomic E-state index is 11.3. The van der Waals surface area contributed by atoms with Gasteiger partial charge in [0.25, 0.3) is 0 Å². The van der Waals surface area contributed by atoms with Crippen molar-refractivity contribution in [3.05, 3.63) is 47.5 Å². The second-order valence-electron chi connectivity index (χ2n) is 4.94. The van der Waals surface area contributed by atoms with Crippen LogP contribution >= 0.6 is 0 Å². The molecular formula is C19H20O5. The van der Waals surface area contributed by atoms with Crippen LogP contribution in [0.2, 0.25) is 0 Å². The highest BCUT2D eigenvalue weighted by Crippen LogP contribution is 2.45. The minimum atomic E-state index is -1.79. The van der Waals surface area contributed by atoms with Gasteiger partial charge in [-0.05, 0) is 12.1 Å². The van der Waals surface area contributed by atoms with Crippen molar-refractivity contribution >= 4 is 0 Å². The fraction of sp³-hybridized carbons (Fsp3) is 0.263. The lowest BCUT2D eigenvalue weighted by atomic mass is 9.85. The Hall–Kier alpha value is -2.84. The molecule has 2 aromatic rings. The zero-order chi connectivity index (χ0) is 17.7.